The van der Waals surface area contributed by atoms with Crippen LogP contribution in [0.25, 0.3) is 0 Å². The van der Waals surface area contributed by atoms with E-state index >= 15 is 0 Å². The minimum atomic E-state index is -0.131. The average molecular weight is 166 g/mol. The van der Waals surface area contributed by atoms with E-state index in [-0.39, 0.29) is 12.1 Å². The number of carbonyl (C=O) groups excluding carboxylic acids is 1. The Labute approximate surface area is 69.9 Å². The predicted octanol–water partition coefficient (Wildman–Crippen LogP) is 0.942. The van der Waals surface area contributed by atoms with Gasteiger partial charge in [-0.15, -0.1) is 0 Å². The van der Waals surface area contributed by atoms with Crippen molar-refractivity contribution >= 4 is 6.03 Å². The van der Waals surface area contributed by atoms with E-state index in [1.807, 2.05) is 19.1 Å². The van der Waals surface area contributed by atoms with Gasteiger partial charge >= 0.3 is 6.03 Å². The van der Waals surface area contributed by atoms with Crippen molar-refractivity contribution in [2.45, 2.75) is 13.0 Å². The van der Waals surface area contributed by atoms with E-state index < -0.39 is 0 Å². The summed E-state index contributed by atoms with van der Waals surface area (Å²) in [6, 6.07) is 3.63. The smallest absolute Gasteiger partial charge is 0.315 e. The molecule has 0 radical (unpaired) electrons. The van der Waals surface area contributed by atoms with Crippen molar-refractivity contribution in [1.82, 2.24) is 10.6 Å². The monoisotopic (exact) mass is 166 g/mol. The highest BCUT2D eigenvalue weighted by Crippen LogP contribution is 2.17. The van der Waals surface area contributed by atoms with E-state index in [1.165, 1.54) is 0 Å². The second-order valence-electron chi connectivity index (χ2n) is 2.86. The SMILES string of the molecule is Cc1ccc(C2CNC(=O)N2)o1. The molecule has 4 nitrogen and oxygen atoms in total. The maximum atomic E-state index is 10.8. The van der Waals surface area contributed by atoms with Crippen LogP contribution in [0.5, 0.6) is 0 Å². The third-order valence-electron chi connectivity index (χ3n) is 1.88. The van der Waals surface area contributed by atoms with Crippen LogP contribution in [0.1, 0.15) is 17.6 Å². The molecule has 4 heteroatoms. The molecule has 1 atom stereocenters. The van der Waals surface area contributed by atoms with Gasteiger partial charge in [0.25, 0.3) is 0 Å². The van der Waals surface area contributed by atoms with Crippen molar-refractivity contribution in [2.75, 3.05) is 6.54 Å². The molecule has 1 aliphatic heterocycles. The van der Waals surface area contributed by atoms with Gasteiger partial charge in [0.15, 0.2) is 0 Å². The van der Waals surface area contributed by atoms with E-state index in [4.69, 9.17) is 4.42 Å². The fraction of sp³-hybridized carbons (Fsp3) is 0.375. The van der Waals surface area contributed by atoms with Crippen molar-refractivity contribution in [1.29, 1.82) is 0 Å². The first-order chi connectivity index (χ1) is 5.75. The van der Waals surface area contributed by atoms with E-state index in [0.717, 1.165) is 11.5 Å². The van der Waals surface area contributed by atoms with Crippen molar-refractivity contribution in [2.24, 2.45) is 0 Å². The minimum absolute atomic E-state index is 0.00815. The molecule has 0 aromatic carbocycles. The topological polar surface area (TPSA) is 54.3 Å². The van der Waals surface area contributed by atoms with Crippen LogP contribution in [0.3, 0.4) is 0 Å². The molecule has 2 rings (SSSR count). The summed E-state index contributed by atoms with van der Waals surface area (Å²) >= 11 is 0. The van der Waals surface area contributed by atoms with Gasteiger partial charge in [-0.1, -0.05) is 0 Å². The summed E-state index contributed by atoms with van der Waals surface area (Å²) < 4.78 is 5.36. The van der Waals surface area contributed by atoms with Gasteiger partial charge in [-0.2, -0.15) is 0 Å². The summed E-state index contributed by atoms with van der Waals surface area (Å²) in [5.74, 6) is 1.68. The Morgan fingerprint density at radius 2 is 2.42 bits per heavy atom. The number of nitrogens with one attached hydrogen (secondary N) is 2. The standard InChI is InChI=1S/C8H10N2O2/c1-5-2-3-7(12-5)6-4-9-8(11)10-6/h2-3,6H,4H2,1H3,(H2,9,10,11). The first-order valence-electron chi connectivity index (χ1n) is 3.86. The Bertz CT molecular complexity index is 306. The highest BCUT2D eigenvalue weighted by molar-refractivity contribution is 5.76. The first kappa shape index (κ1) is 7.21. The lowest BCUT2D eigenvalue weighted by atomic mass is 10.2. The first-order valence-corrected chi connectivity index (χ1v) is 3.86. The summed E-state index contributed by atoms with van der Waals surface area (Å²) in [7, 11) is 0. The van der Waals surface area contributed by atoms with E-state index in [0.29, 0.717) is 6.54 Å². The number of hydrogen-bond donors (Lipinski definition) is 2. The van der Waals surface area contributed by atoms with Crippen molar-refractivity contribution < 1.29 is 9.21 Å². The fourth-order valence-corrected chi connectivity index (χ4v) is 1.27. The van der Waals surface area contributed by atoms with Crippen LogP contribution in [-0.2, 0) is 0 Å². The van der Waals surface area contributed by atoms with Crippen LogP contribution in [-0.4, -0.2) is 12.6 Å². The Morgan fingerprint density at radius 1 is 1.58 bits per heavy atom. The quantitative estimate of drug-likeness (QED) is 0.652. The van der Waals surface area contributed by atoms with Gasteiger partial charge < -0.3 is 15.1 Å². The zero-order valence-electron chi connectivity index (χ0n) is 6.76. The molecule has 2 amide bonds. The number of urea groups is 1. The van der Waals surface area contributed by atoms with Crippen LogP contribution in [0.2, 0.25) is 0 Å². The van der Waals surface area contributed by atoms with Crippen molar-refractivity contribution in [3.63, 3.8) is 0 Å². The lowest BCUT2D eigenvalue weighted by molar-refractivity contribution is 0.247. The van der Waals surface area contributed by atoms with Crippen molar-refractivity contribution in [3.05, 3.63) is 23.7 Å². The average Bonchev–Trinajstić information content (AvgIpc) is 2.58. The highest BCUT2D eigenvalue weighted by atomic mass is 16.3. The number of carbonyl (C=O) groups is 1. The molecule has 2 heterocycles. The fourth-order valence-electron chi connectivity index (χ4n) is 1.27. The van der Waals surface area contributed by atoms with Crippen LogP contribution < -0.4 is 10.6 Å². The molecule has 2 N–H and O–H groups in total. The molecule has 64 valence electrons. The predicted molar refractivity (Wildman–Crippen MR) is 42.7 cm³/mol. The lowest BCUT2D eigenvalue weighted by Crippen LogP contribution is -2.21. The summed E-state index contributed by atoms with van der Waals surface area (Å²) in [5, 5.41) is 5.41. The minimum Gasteiger partial charge on any atom is -0.464 e. The molecule has 1 aliphatic rings. The molecule has 1 fully saturated rings. The Hall–Kier alpha value is -1.45. The molecular weight excluding hydrogens is 156 g/mol. The van der Waals surface area contributed by atoms with E-state index in [2.05, 4.69) is 10.6 Å². The van der Waals surface area contributed by atoms with Gasteiger partial charge in [0, 0.05) is 6.54 Å². The summed E-state index contributed by atoms with van der Waals surface area (Å²) in [5.41, 5.74) is 0. The second-order valence-corrected chi connectivity index (χ2v) is 2.86. The number of rotatable bonds is 1. The van der Waals surface area contributed by atoms with Crippen LogP contribution >= 0.6 is 0 Å². The number of aryl methyl sites for hydroxylation is 1. The maximum Gasteiger partial charge on any atom is 0.315 e. The number of amides is 2. The van der Waals surface area contributed by atoms with Gasteiger partial charge in [-0.25, -0.2) is 4.79 Å². The van der Waals surface area contributed by atoms with Crippen LogP contribution in [0.4, 0.5) is 4.79 Å². The van der Waals surface area contributed by atoms with Crippen molar-refractivity contribution in [3.8, 4) is 0 Å². The van der Waals surface area contributed by atoms with Gasteiger partial charge in [0.05, 0.1) is 0 Å². The Kier molecular flexibility index (Phi) is 1.53. The normalized spacial score (nSPS) is 22.1. The Morgan fingerprint density at radius 3 is 2.92 bits per heavy atom. The maximum absolute atomic E-state index is 10.8. The molecule has 1 aromatic heterocycles. The number of furan rings is 1. The van der Waals surface area contributed by atoms with Gasteiger partial charge in [0.2, 0.25) is 0 Å². The van der Waals surface area contributed by atoms with Gasteiger partial charge in [0.1, 0.15) is 17.6 Å². The lowest BCUT2D eigenvalue weighted by Gasteiger charge is -2.02. The van der Waals surface area contributed by atoms with Crippen LogP contribution in [0, 0.1) is 6.92 Å². The third-order valence-corrected chi connectivity index (χ3v) is 1.88. The molecule has 12 heavy (non-hydrogen) atoms. The zero-order valence-corrected chi connectivity index (χ0v) is 6.76. The molecule has 0 aliphatic carbocycles. The van der Waals surface area contributed by atoms with E-state index in [9.17, 15) is 4.79 Å². The van der Waals surface area contributed by atoms with Gasteiger partial charge in [-0.3, -0.25) is 0 Å². The molecule has 0 bridgehead atoms. The van der Waals surface area contributed by atoms with Crippen LogP contribution in [0.15, 0.2) is 16.5 Å². The molecule has 0 spiro atoms. The zero-order chi connectivity index (χ0) is 8.55. The third kappa shape index (κ3) is 1.15. The summed E-state index contributed by atoms with van der Waals surface area (Å²) in [6.07, 6.45) is 0. The summed E-state index contributed by atoms with van der Waals surface area (Å²) in [6.45, 7) is 2.49. The molecule has 0 saturated carbocycles. The molecular formula is C8H10N2O2. The second kappa shape index (κ2) is 2.55. The largest absolute Gasteiger partial charge is 0.464 e. The number of hydrogen-bond acceptors (Lipinski definition) is 2. The molecule has 1 unspecified atom stereocenters. The van der Waals surface area contributed by atoms with Gasteiger partial charge in [-0.05, 0) is 19.1 Å². The summed E-state index contributed by atoms with van der Waals surface area (Å²) in [4.78, 5) is 10.8. The Balaban J connectivity index is 2.15. The molecule has 1 aromatic rings. The highest BCUT2D eigenvalue weighted by Gasteiger charge is 2.23. The van der Waals surface area contributed by atoms with E-state index in [1.54, 1.807) is 0 Å². The molecule has 1 saturated heterocycles.